The van der Waals surface area contributed by atoms with Crippen molar-refractivity contribution in [2.75, 3.05) is 19.6 Å². The minimum Gasteiger partial charge on any atom is -0.465 e. The van der Waals surface area contributed by atoms with Gasteiger partial charge in [-0.1, -0.05) is 20.8 Å². The van der Waals surface area contributed by atoms with Crippen LogP contribution in [0.3, 0.4) is 0 Å². The van der Waals surface area contributed by atoms with E-state index in [1.807, 2.05) is 0 Å². The first-order valence-electron chi connectivity index (χ1n) is 8.08. The van der Waals surface area contributed by atoms with Crippen LogP contribution in [0, 0.1) is 17.3 Å². The quantitative estimate of drug-likeness (QED) is 0.818. The van der Waals surface area contributed by atoms with Gasteiger partial charge in [-0.2, -0.15) is 0 Å². The summed E-state index contributed by atoms with van der Waals surface area (Å²) in [5, 5.41) is 12.8. The van der Waals surface area contributed by atoms with Gasteiger partial charge in [0.05, 0.1) is 0 Å². The van der Waals surface area contributed by atoms with E-state index in [-0.39, 0.29) is 11.5 Å². The molecule has 2 atom stereocenters. The summed E-state index contributed by atoms with van der Waals surface area (Å²) >= 11 is 0. The summed E-state index contributed by atoms with van der Waals surface area (Å²) < 4.78 is 0. The van der Waals surface area contributed by atoms with Gasteiger partial charge in [-0.3, -0.25) is 0 Å². The first-order chi connectivity index (χ1) is 9.38. The number of likely N-dealkylation sites (tertiary alicyclic amines) is 1. The van der Waals surface area contributed by atoms with Gasteiger partial charge in [-0.05, 0) is 62.4 Å². The van der Waals surface area contributed by atoms with Crippen molar-refractivity contribution >= 4 is 6.09 Å². The Morgan fingerprint density at radius 3 is 2.40 bits per heavy atom. The third-order valence-corrected chi connectivity index (χ3v) is 5.08. The van der Waals surface area contributed by atoms with Crippen molar-refractivity contribution in [1.82, 2.24) is 10.2 Å². The predicted molar refractivity (Wildman–Crippen MR) is 80.9 cm³/mol. The van der Waals surface area contributed by atoms with Crippen molar-refractivity contribution in [3.8, 4) is 0 Å². The number of nitrogens with zero attached hydrogens (tertiary/aromatic N) is 1. The Balaban J connectivity index is 1.95. The number of amides is 1. The van der Waals surface area contributed by atoms with Crippen LogP contribution in [0.5, 0.6) is 0 Å². The largest absolute Gasteiger partial charge is 0.465 e. The zero-order valence-corrected chi connectivity index (χ0v) is 13.2. The fourth-order valence-corrected chi connectivity index (χ4v) is 3.89. The SMILES string of the molecule is CC(C)(C)C1CC(CC2CCNCC2)CCN1C(=O)O. The van der Waals surface area contributed by atoms with E-state index in [1.54, 1.807) is 4.90 Å². The molecular weight excluding hydrogens is 252 g/mol. The molecule has 0 saturated carbocycles. The van der Waals surface area contributed by atoms with Gasteiger partial charge < -0.3 is 15.3 Å². The first kappa shape index (κ1) is 15.6. The average Bonchev–Trinajstić information content (AvgIpc) is 2.38. The topological polar surface area (TPSA) is 52.6 Å². The zero-order valence-electron chi connectivity index (χ0n) is 13.2. The molecule has 0 spiro atoms. The number of hydrogen-bond acceptors (Lipinski definition) is 2. The predicted octanol–water partition coefficient (Wildman–Crippen LogP) is 3.18. The lowest BCUT2D eigenvalue weighted by atomic mass is 9.74. The molecule has 2 rings (SSSR count). The highest BCUT2D eigenvalue weighted by atomic mass is 16.4. The number of piperidine rings is 2. The van der Waals surface area contributed by atoms with Crippen molar-refractivity contribution in [3.05, 3.63) is 0 Å². The van der Waals surface area contributed by atoms with E-state index in [2.05, 4.69) is 26.1 Å². The fourth-order valence-electron chi connectivity index (χ4n) is 3.89. The Labute approximate surface area is 122 Å². The van der Waals surface area contributed by atoms with Crippen molar-refractivity contribution in [1.29, 1.82) is 0 Å². The molecule has 4 heteroatoms. The normalized spacial score (nSPS) is 29.4. The Kier molecular flexibility index (Phi) is 4.95. The monoisotopic (exact) mass is 282 g/mol. The van der Waals surface area contributed by atoms with Crippen LogP contribution in [0.4, 0.5) is 4.79 Å². The number of hydrogen-bond donors (Lipinski definition) is 2. The summed E-state index contributed by atoms with van der Waals surface area (Å²) in [4.78, 5) is 13.1. The van der Waals surface area contributed by atoms with Crippen LogP contribution in [0.1, 0.15) is 52.9 Å². The van der Waals surface area contributed by atoms with Gasteiger partial charge in [0, 0.05) is 12.6 Å². The van der Waals surface area contributed by atoms with E-state index in [9.17, 15) is 9.90 Å². The Morgan fingerprint density at radius 1 is 1.20 bits per heavy atom. The first-order valence-corrected chi connectivity index (χ1v) is 8.08. The molecule has 2 aliphatic rings. The van der Waals surface area contributed by atoms with Crippen LogP contribution in [0.25, 0.3) is 0 Å². The molecule has 0 aromatic rings. The van der Waals surface area contributed by atoms with Crippen LogP contribution >= 0.6 is 0 Å². The van der Waals surface area contributed by atoms with Crippen LogP contribution in [-0.4, -0.2) is 41.8 Å². The van der Waals surface area contributed by atoms with Crippen LogP contribution in [0.15, 0.2) is 0 Å². The molecule has 0 aromatic heterocycles. The molecule has 0 aliphatic carbocycles. The fraction of sp³-hybridized carbons (Fsp3) is 0.938. The molecule has 0 aromatic carbocycles. The second-order valence-electron chi connectivity index (χ2n) is 7.68. The highest BCUT2D eigenvalue weighted by Gasteiger charge is 2.39. The molecular formula is C16H30N2O2. The van der Waals surface area contributed by atoms with Gasteiger partial charge in [-0.15, -0.1) is 0 Å². The summed E-state index contributed by atoms with van der Waals surface area (Å²) in [7, 11) is 0. The number of carboxylic acid groups (broad SMARTS) is 1. The second kappa shape index (κ2) is 6.33. The molecule has 1 amide bonds. The van der Waals surface area contributed by atoms with Crippen LogP contribution < -0.4 is 5.32 Å². The van der Waals surface area contributed by atoms with Crippen molar-refractivity contribution in [2.24, 2.45) is 17.3 Å². The summed E-state index contributed by atoms with van der Waals surface area (Å²) in [5.41, 5.74) is 0.0329. The van der Waals surface area contributed by atoms with E-state index in [1.165, 1.54) is 19.3 Å². The molecule has 0 radical (unpaired) electrons. The minimum absolute atomic E-state index is 0.0329. The standard InChI is InChI=1S/C16H30N2O2/c1-16(2,3)14-11-13(6-9-18(14)15(19)20)10-12-4-7-17-8-5-12/h12-14,17H,4-11H2,1-3H3,(H,19,20). The number of carbonyl (C=O) groups is 1. The van der Waals surface area contributed by atoms with Crippen molar-refractivity contribution in [2.45, 2.75) is 58.9 Å². The Hall–Kier alpha value is -0.770. The Bertz CT molecular complexity index is 332. The average molecular weight is 282 g/mol. The smallest absolute Gasteiger partial charge is 0.407 e. The molecule has 2 unspecified atom stereocenters. The van der Waals surface area contributed by atoms with Gasteiger partial charge in [-0.25, -0.2) is 4.79 Å². The molecule has 2 aliphatic heterocycles. The summed E-state index contributed by atoms with van der Waals surface area (Å²) in [5.74, 6) is 1.55. The maximum Gasteiger partial charge on any atom is 0.407 e. The van der Waals surface area contributed by atoms with Gasteiger partial charge in [0.15, 0.2) is 0 Å². The molecule has 2 saturated heterocycles. The molecule has 116 valence electrons. The maximum atomic E-state index is 11.4. The molecule has 2 N–H and O–H groups in total. The minimum atomic E-state index is -0.745. The van der Waals surface area contributed by atoms with Gasteiger partial charge in [0.25, 0.3) is 0 Å². The lowest BCUT2D eigenvalue weighted by molar-refractivity contribution is 0.0346. The molecule has 2 heterocycles. The van der Waals surface area contributed by atoms with E-state index >= 15 is 0 Å². The van der Waals surface area contributed by atoms with Crippen LogP contribution in [0.2, 0.25) is 0 Å². The third kappa shape index (κ3) is 3.87. The molecule has 20 heavy (non-hydrogen) atoms. The van der Waals surface area contributed by atoms with Gasteiger partial charge >= 0.3 is 6.09 Å². The summed E-state index contributed by atoms with van der Waals surface area (Å²) in [6.45, 7) is 9.52. The van der Waals surface area contributed by atoms with Crippen molar-refractivity contribution < 1.29 is 9.90 Å². The maximum absolute atomic E-state index is 11.4. The summed E-state index contributed by atoms with van der Waals surface area (Å²) in [6, 6.07) is 0.167. The number of nitrogens with one attached hydrogen (secondary N) is 1. The third-order valence-electron chi connectivity index (χ3n) is 5.08. The van der Waals surface area contributed by atoms with Crippen LogP contribution in [-0.2, 0) is 0 Å². The lowest BCUT2D eigenvalue weighted by Gasteiger charge is -2.45. The van der Waals surface area contributed by atoms with E-state index in [0.29, 0.717) is 12.5 Å². The lowest BCUT2D eigenvalue weighted by Crippen LogP contribution is -2.51. The summed E-state index contributed by atoms with van der Waals surface area (Å²) in [6.07, 6.45) is 5.22. The second-order valence-corrected chi connectivity index (χ2v) is 7.68. The number of rotatable bonds is 2. The zero-order chi connectivity index (χ0) is 14.8. The van der Waals surface area contributed by atoms with E-state index in [4.69, 9.17) is 0 Å². The molecule has 0 bridgehead atoms. The van der Waals surface area contributed by atoms with E-state index in [0.717, 1.165) is 31.8 Å². The van der Waals surface area contributed by atoms with Crippen molar-refractivity contribution in [3.63, 3.8) is 0 Å². The molecule has 4 nitrogen and oxygen atoms in total. The van der Waals surface area contributed by atoms with Gasteiger partial charge in [0.1, 0.15) is 0 Å². The highest BCUT2D eigenvalue weighted by Crippen LogP contribution is 2.37. The molecule has 2 fully saturated rings. The van der Waals surface area contributed by atoms with E-state index < -0.39 is 6.09 Å². The Morgan fingerprint density at radius 2 is 1.85 bits per heavy atom. The highest BCUT2D eigenvalue weighted by molar-refractivity contribution is 5.65. The van der Waals surface area contributed by atoms with Gasteiger partial charge in [0.2, 0.25) is 0 Å².